The first-order valence-electron chi connectivity index (χ1n) is 10.7. The van der Waals surface area contributed by atoms with Crippen LogP contribution in [0.5, 0.6) is 0 Å². The van der Waals surface area contributed by atoms with Crippen LogP contribution in [-0.4, -0.2) is 55.7 Å². The van der Waals surface area contributed by atoms with E-state index in [0.29, 0.717) is 25.4 Å². The Labute approximate surface area is 180 Å². The number of amides is 2. The summed E-state index contributed by atoms with van der Waals surface area (Å²) < 4.78 is 3.53. The predicted molar refractivity (Wildman–Crippen MR) is 114 cm³/mol. The Morgan fingerprint density at radius 1 is 1.26 bits per heavy atom. The van der Waals surface area contributed by atoms with Gasteiger partial charge in [-0.3, -0.25) is 24.2 Å². The van der Waals surface area contributed by atoms with Crippen molar-refractivity contribution >= 4 is 23.8 Å². The second-order valence-corrected chi connectivity index (χ2v) is 8.54. The van der Waals surface area contributed by atoms with Gasteiger partial charge in [-0.2, -0.15) is 5.10 Å². The van der Waals surface area contributed by atoms with E-state index in [0.717, 1.165) is 36.5 Å². The molecule has 10 nitrogen and oxygen atoms in total. The lowest BCUT2D eigenvalue weighted by molar-refractivity contribution is -0.120. The second-order valence-electron chi connectivity index (χ2n) is 8.54. The van der Waals surface area contributed by atoms with Crippen molar-refractivity contribution in [3.05, 3.63) is 35.7 Å². The van der Waals surface area contributed by atoms with Gasteiger partial charge in [0.25, 0.3) is 11.8 Å². The topological polar surface area (TPSA) is 110 Å². The first kappa shape index (κ1) is 19.7. The number of carbonyl (C=O) groups excluding carboxylic acids is 2. The number of likely N-dealkylation sites (N-methyl/N-ethyl adjacent to an activating group) is 1. The molecule has 0 spiro atoms. The maximum Gasteiger partial charge on any atom is 0.291 e. The van der Waals surface area contributed by atoms with Gasteiger partial charge in [0.1, 0.15) is 18.2 Å². The molecule has 0 aromatic carbocycles. The number of aryl methyl sites for hydroxylation is 1. The summed E-state index contributed by atoms with van der Waals surface area (Å²) in [5, 5.41) is 11.8. The van der Waals surface area contributed by atoms with Gasteiger partial charge in [-0.1, -0.05) is 6.08 Å². The zero-order chi connectivity index (χ0) is 21.5. The number of fused-ring (bicyclic) bond motifs is 1. The molecule has 4 heterocycles. The van der Waals surface area contributed by atoms with Gasteiger partial charge in [0.2, 0.25) is 5.82 Å². The van der Waals surface area contributed by atoms with Crippen LogP contribution < -0.4 is 10.2 Å². The van der Waals surface area contributed by atoms with Gasteiger partial charge in [0, 0.05) is 50.0 Å². The number of carbonyl (C=O) groups is 2. The molecule has 5 rings (SSSR count). The molecule has 0 radical (unpaired) electrons. The van der Waals surface area contributed by atoms with Gasteiger partial charge >= 0.3 is 0 Å². The van der Waals surface area contributed by atoms with E-state index in [-0.39, 0.29) is 17.6 Å². The van der Waals surface area contributed by atoms with Crippen LogP contribution in [-0.2, 0) is 17.9 Å². The Morgan fingerprint density at radius 3 is 2.87 bits per heavy atom. The van der Waals surface area contributed by atoms with E-state index in [9.17, 15) is 9.59 Å². The zero-order valence-corrected chi connectivity index (χ0v) is 17.7. The van der Waals surface area contributed by atoms with Gasteiger partial charge in [0.05, 0.1) is 5.69 Å². The Kier molecular flexibility index (Phi) is 4.91. The Hall–Kier alpha value is -3.30. The molecule has 2 unspecified atom stereocenters. The molecule has 10 heteroatoms. The highest BCUT2D eigenvalue weighted by Gasteiger charge is 2.34. The molecule has 0 saturated heterocycles. The van der Waals surface area contributed by atoms with Crippen molar-refractivity contribution in [3.63, 3.8) is 0 Å². The maximum absolute atomic E-state index is 13.0. The lowest BCUT2D eigenvalue weighted by Gasteiger charge is -2.20. The van der Waals surface area contributed by atoms with E-state index in [4.69, 9.17) is 0 Å². The average Bonchev–Trinajstić information content (AvgIpc) is 3.37. The molecule has 1 fully saturated rings. The fourth-order valence-electron chi connectivity index (χ4n) is 4.16. The number of anilines is 1. The standard InChI is InChI=1S/C21H26N8O2/c1-13-9-14(5-7-22-13)11-28-12-23-19(26-28)20(30)24-16-6-8-29-18(27(2)21(16)31)10-17(25-29)15-3-4-15/h7,9-10,12,14-16H,3-6,8,11H2,1-2H3,(H,24,30). The van der Waals surface area contributed by atoms with E-state index >= 15 is 0 Å². The quantitative estimate of drug-likeness (QED) is 0.785. The summed E-state index contributed by atoms with van der Waals surface area (Å²) in [5.74, 6) is 1.05. The van der Waals surface area contributed by atoms with E-state index in [2.05, 4.69) is 31.6 Å². The molecule has 2 atom stereocenters. The molecule has 1 N–H and O–H groups in total. The maximum atomic E-state index is 13.0. The molecule has 1 saturated carbocycles. The normalized spacial score (nSPS) is 23.4. The van der Waals surface area contributed by atoms with Crippen LogP contribution in [0, 0.1) is 5.92 Å². The van der Waals surface area contributed by atoms with Crippen LogP contribution in [0.2, 0.25) is 0 Å². The fourth-order valence-corrected chi connectivity index (χ4v) is 4.16. The summed E-state index contributed by atoms with van der Waals surface area (Å²) in [7, 11) is 1.73. The highest BCUT2D eigenvalue weighted by molar-refractivity contribution is 6.00. The Bertz CT molecular complexity index is 1080. The van der Waals surface area contributed by atoms with Crippen molar-refractivity contribution in [2.24, 2.45) is 10.9 Å². The summed E-state index contributed by atoms with van der Waals surface area (Å²) in [6.45, 7) is 3.15. The number of nitrogens with zero attached hydrogens (tertiary/aromatic N) is 7. The number of allylic oxidation sites excluding steroid dienone is 2. The Balaban J connectivity index is 1.23. The van der Waals surface area contributed by atoms with E-state index in [1.54, 1.807) is 23.0 Å². The monoisotopic (exact) mass is 422 g/mol. The molecule has 2 aliphatic heterocycles. The SMILES string of the molecule is CC1=CC(Cn2cnc(C(=O)NC3CCn4nc(C5CC5)cc4N(C)C3=O)n2)CC=N1. The van der Waals surface area contributed by atoms with Crippen LogP contribution in [0.1, 0.15) is 54.8 Å². The molecule has 2 aromatic heterocycles. The van der Waals surface area contributed by atoms with Crippen LogP contribution in [0.4, 0.5) is 5.82 Å². The molecule has 3 aliphatic rings. The lowest BCUT2D eigenvalue weighted by atomic mass is 10.0. The molecule has 1 aliphatic carbocycles. The van der Waals surface area contributed by atoms with E-state index < -0.39 is 11.9 Å². The van der Waals surface area contributed by atoms with Crippen molar-refractivity contribution < 1.29 is 9.59 Å². The third-order valence-corrected chi connectivity index (χ3v) is 6.02. The highest BCUT2D eigenvalue weighted by atomic mass is 16.2. The highest BCUT2D eigenvalue weighted by Crippen LogP contribution is 2.40. The Morgan fingerprint density at radius 2 is 2.10 bits per heavy atom. The first-order valence-corrected chi connectivity index (χ1v) is 10.7. The summed E-state index contributed by atoms with van der Waals surface area (Å²) in [6, 6.07) is 1.35. The molecule has 2 aromatic rings. The molecule has 0 bridgehead atoms. The van der Waals surface area contributed by atoms with Crippen molar-refractivity contribution in [1.82, 2.24) is 29.9 Å². The zero-order valence-electron chi connectivity index (χ0n) is 17.7. The molecular formula is C21H26N8O2. The molecule has 31 heavy (non-hydrogen) atoms. The number of nitrogens with one attached hydrogen (secondary N) is 1. The summed E-state index contributed by atoms with van der Waals surface area (Å²) in [6.07, 6.45) is 9.18. The minimum Gasteiger partial charge on any atom is -0.337 e. The van der Waals surface area contributed by atoms with Crippen molar-refractivity contribution in [1.29, 1.82) is 0 Å². The predicted octanol–water partition coefficient (Wildman–Crippen LogP) is 1.51. The number of rotatable bonds is 5. The summed E-state index contributed by atoms with van der Waals surface area (Å²) in [4.78, 5) is 35.7. The minimum absolute atomic E-state index is 0.0682. The second kappa shape index (κ2) is 7.75. The summed E-state index contributed by atoms with van der Waals surface area (Å²) in [5.41, 5.74) is 2.04. The van der Waals surface area contributed by atoms with Crippen LogP contribution in [0.3, 0.4) is 0 Å². The number of hydrogen-bond donors (Lipinski definition) is 1. The minimum atomic E-state index is -0.643. The van der Waals surface area contributed by atoms with Crippen molar-refractivity contribution in [3.8, 4) is 0 Å². The van der Waals surface area contributed by atoms with Gasteiger partial charge < -0.3 is 5.32 Å². The van der Waals surface area contributed by atoms with E-state index in [1.165, 1.54) is 0 Å². The van der Waals surface area contributed by atoms with Crippen LogP contribution >= 0.6 is 0 Å². The van der Waals surface area contributed by atoms with Gasteiger partial charge in [-0.25, -0.2) is 9.67 Å². The lowest BCUT2D eigenvalue weighted by Crippen LogP contribution is -2.47. The number of aromatic nitrogens is 5. The van der Waals surface area contributed by atoms with Crippen molar-refractivity contribution in [2.75, 3.05) is 11.9 Å². The van der Waals surface area contributed by atoms with Gasteiger partial charge in [-0.05, 0) is 32.6 Å². The summed E-state index contributed by atoms with van der Waals surface area (Å²) >= 11 is 0. The van der Waals surface area contributed by atoms with Crippen LogP contribution in [0.25, 0.3) is 0 Å². The molecule has 2 amide bonds. The third kappa shape index (κ3) is 4.01. The van der Waals surface area contributed by atoms with Gasteiger partial charge in [0.15, 0.2) is 0 Å². The first-order chi connectivity index (χ1) is 15.0. The van der Waals surface area contributed by atoms with E-state index in [1.807, 2.05) is 23.9 Å². The smallest absolute Gasteiger partial charge is 0.291 e. The van der Waals surface area contributed by atoms with Crippen LogP contribution in [0.15, 0.2) is 29.2 Å². The number of hydrogen-bond acceptors (Lipinski definition) is 6. The van der Waals surface area contributed by atoms with Crippen molar-refractivity contribution in [2.45, 2.75) is 57.7 Å². The molecular weight excluding hydrogens is 396 g/mol. The number of aliphatic imine (C=N–C) groups is 1. The third-order valence-electron chi connectivity index (χ3n) is 6.02. The fraction of sp³-hybridized carbons (Fsp3) is 0.524. The molecule has 162 valence electrons. The largest absolute Gasteiger partial charge is 0.337 e. The average molecular weight is 422 g/mol. The van der Waals surface area contributed by atoms with Gasteiger partial charge in [-0.15, -0.1) is 5.10 Å².